The van der Waals surface area contributed by atoms with E-state index in [1.54, 1.807) is 30.3 Å². The molecule has 0 atom stereocenters. The molecule has 0 radical (unpaired) electrons. The molecule has 0 unspecified atom stereocenters. The molecule has 0 fully saturated rings. The van der Waals surface area contributed by atoms with Gasteiger partial charge < -0.3 is 5.32 Å². The number of hydrogen-bond acceptors (Lipinski definition) is 3. The highest BCUT2D eigenvalue weighted by atomic mass is 19.4. The van der Waals surface area contributed by atoms with E-state index in [9.17, 15) is 22.8 Å². The zero-order valence-electron chi connectivity index (χ0n) is 13.5. The Kier molecular flexibility index (Phi) is 4.75. The smallest absolute Gasteiger partial charge is 0.320 e. The summed E-state index contributed by atoms with van der Waals surface area (Å²) in [6.07, 6.45) is -4.49. The van der Waals surface area contributed by atoms with E-state index < -0.39 is 17.6 Å². The summed E-state index contributed by atoms with van der Waals surface area (Å²) < 4.78 is 39.1. The Bertz CT molecular complexity index is 863. The Balaban J connectivity index is 1.86. The number of amides is 2. The van der Waals surface area contributed by atoms with E-state index in [1.807, 2.05) is 0 Å². The van der Waals surface area contributed by atoms with Gasteiger partial charge in [0, 0.05) is 12.8 Å². The van der Waals surface area contributed by atoms with Gasteiger partial charge in [0.25, 0.3) is 5.91 Å². The van der Waals surface area contributed by atoms with Crippen molar-refractivity contribution in [1.82, 2.24) is 0 Å². The number of para-hydroxylation sites is 2. The number of hydrogen-bond donors (Lipinski definition) is 1. The standard InChI is InChI=1S/C18H14F3N3O2/c19-18(20,21)13-8-4-5-9-14(13)22-17(26)15-10-11-16(25)24(23-15)12-6-2-1-3-7-12/h1-9H,10-11H2,(H,22,26). The maximum absolute atomic E-state index is 13.0. The van der Waals surface area contributed by atoms with Gasteiger partial charge in [0.05, 0.1) is 16.9 Å². The van der Waals surface area contributed by atoms with Crippen molar-refractivity contribution < 1.29 is 22.8 Å². The average molecular weight is 361 g/mol. The highest BCUT2D eigenvalue weighted by molar-refractivity contribution is 6.44. The van der Waals surface area contributed by atoms with Crippen molar-refractivity contribution in [3.63, 3.8) is 0 Å². The van der Waals surface area contributed by atoms with E-state index in [0.717, 1.165) is 11.1 Å². The number of halogens is 3. The van der Waals surface area contributed by atoms with Gasteiger partial charge in [0.2, 0.25) is 5.91 Å². The molecule has 0 aromatic heterocycles. The lowest BCUT2D eigenvalue weighted by molar-refractivity contribution is -0.137. The predicted octanol–water partition coefficient (Wildman–Crippen LogP) is 3.83. The molecule has 0 bridgehead atoms. The van der Waals surface area contributed by atoms with Crippen LogP contribution in [0.2, 0.25) is 0 Å². The van der Waals surface area contributed by atoms with Crippen LogP contribution < -0.4 is 10.3 Å². The van der Waals surface area contributed by atoms with Crippen LogP contribution in [0, 0.1) is 0 Å². The number of nitrogens with one attached hydrogen (secondary N) is 1. The van der Waals surface area contributed by atoms with Gasteiger partial charge in [-0.15, -0.1) is 0 Å². The number of alkyl halides is 3. The highest BCUT2D eigenvalue weighted by Gasteiger charge is 2.34. The second kappa shape index (κ2) is 6.99. The normalized spacial score (nSPS) is 14.8. The number of hydrazone groups is 1. The number of nitrogens with zero attached hydrogens (tertiary/aromatic N) is 2. The fourth-order valence-electron chi connectivity index (χ4n) is 2.52. The molecule has 2 aromatic rings. The number of carbonyl (C=O) groups is 2. The van der Waals surface area contributed by atoms with Gasteiger partial charge in [-0.3, -0.25) is 9.59 Å². The zero-order valence-corrected chi connectivity index (χ0v) is 13.5. The molecule has 1 aliphatic heterocycles. The third-order valence-corrected chi connectivity index (χ3v) is 3.78. The summed E-state index contributed by atoms with van der Waals surface area (Å²) in [6, 6.07) is 13.2. The van der Waals surface area contributed by atoms with Crippen molar-refractivity contribution in [2.75, 3.05) is 10.3 Å². The molecule has 8 heteroatoms. The summed E-state index contributed by atoms with van der Waals surface area (Å²) in [4.78, 5) is 24.4. The lowest BCUT2D eigenvalue weighted by Gasteiger charge is -2.23. The van der Waals surface area contributed by atoms with Gasteiger partial charge in [0.1, 0.15) is 5.71 Å². The van der Waals surface area contributed by atoms with Crippen LogP contribution in [-0.2, 0) is 15.8 Å². The third kappa shape index (κ3) is 3.74. The van der Waals surface area contributed by atoms with Crippen LogP contribution in [0.1, 0.15) is 18.4 Å². The average Bonchev–Trinajstić information content (AvgIpc) is 2.62. The molecule has 1 aliphatic rings. The number of anilines is 2. The molecule has 2 amide bonds. The number of benzene rings is 2. The Morgan fingerprint density at radius 2 is 1.65 bits per heavy atom. The van der Waals surface area contributed by atoms with E-state index in [-0.39, 0.29) is 30.1 Å². The van der Waals surface area contributed by atoms with Gasteiger partial charge >= 0.3 is 6.18 Å². The molecule has 0 saturated carbocycles. The zero-order chi connectivity index (χ0) is 18.7. The molecule has 1 heterocycles. The molecular weight excluding hydrogens is 347 g/mol. The van der Waals surface area contributed by atoms with Crippen molar-refractivity contribution in [3.05, 3.63) is 60.2 Å². The first-order valence-electron chi connectivity index (χ1n) is 7.79. The fourth-order valence-corrected chi connectivity index (χ4v) is 2.52. The number of rotatable bonds is 3. The van der Waals surface area contributed by atoms with Crippen LogP contribution in [0.5, 0.6) is 0 Å². The summed E-state index contributed by atoms with van der Waals surface area (Å²) in [6.45, 7) is 0. The van der Waals surface area contributed by atoms with E-state index in [1.165, 1.54) is 18.2 Å². The first-order valence-corrected chi connectivity index (χ1v) is 7.79. The second-order valence-corrected chi connectivity index (χ2v) is 5.59. The van der Waals surface area contributed by atoms with Crippen LogP contribution >= 0.6 is 0 Å². The van der Waals surface area contributed by atoms with Crippen LogP contribution in [0.15, 0.2) is 59.7 Å². The molecule has 2 aromatic carbocycles. The maximum atomic E-state index is 13.0. The maximum Gasteiger partial charge on any atom is 0.418 e. The van der Waals surface area contributed by atoms with Crippen LogP contribution in [0.3, 0.4) is 0 Å². The molecule has 0 spiro atoms. The topological polar surface area (TPSA) is 61.8 Å². The van der Waals surface area contributed by atoms with E-state index in [2.05, 4.69) is 10.4 Å². The predicted molar refractivity (Wildman–Crippen MR) is 90.7 cm³/mol. The first kappa shape index (κ1) is 17.7. The Morgan fingerprint density at radius 3 is 2.35 bits per heavy atom. The lowest BCUT2D eigenvalue weighted by atomic mass is 10.1. The summed E-state index contributed by atoms with van der Waals surface area (Å²) >= 11 is 0. The molecule has 1 N–H and O–H groups in total. The molecule has 134 valence electrons. The molecule has 5 nitrogen and oxygen atoms in total. The summed E-state index contributed by atoms with van der Waals surface area (Å²) in [5.41, 5.74) is -0.819. The van der Waals surface area contributed by atoms with Gasteiger partial charge in [-0.1, -0.05) is 30.3 Å². The van der Waals surface area contributed by atoms with Crippen molar-refractivity contribution in [1.29, 1.82) is 0 Å². The largest absolute Gasteiger partial charge is 0.418 e. The third-order valence-electron chi connectivity index (χ3n) is 3.78. The minimum Gasteiger partial charge on any atom is -0.320 e. The van der Waals surface area contributed by atoms with Crippen molar-refractivity contribution in [2.45, 2.75) is 19.0 Å². The SMILES string of the molecule is O=C(Nc1ccccc1C(F)(F)F)C1=NN(c2ccccc2)C(=O)CC1. The molecule has 0 aliphatic carbocycles. The van der Waals surface area contributed by atoms with Crippen LogP contribution in [-0.4, -0.2) is 17.5 Å². The Labute approximate surface area is 147 Å². The first-order chi connectivity index (χ1) is 12.4. The monoisotopic (exact) mass is 361 g/mol. The van der Waals surface area contributed by atoms with Gasteiger partial charge in [0.15, 0.2) is 0 Å². The molecular formula is C18H14F3N3O2. The van der Waals surface area contributed by atoms with E-state index in [0.29, 0.717) is 5.69 Å². The number of carbonyl (C=O) groups excluding carboxylic acids is 2. The second-order valence-electron chi connectivity index (χ2n) is 5.59. The summed E-state index contributed by atoms with van der Waals surface area (Å²) in [5, 5.41) is 7.37. The molecule has 0 saturated heterocycles. The van der Waals surface area contributed by atoms with Crippen LogP contribution in [0.4, 0.5) is 24.5 Å². The summed E-state index contributed by atoms with van der Waals surface area (Å²) in [7, 11) is 0. The highest BCUT2D eigenvalue weighted by Crippen LogP contribution is 2.34. The van der Waals surface area contributed by atoms with E-state index >= 15 is 0 Å². The quantitative estimate of drug-likeness (QED) is 0.903. The van der Waals surface area contributed by atoms with Gasteiger partial charge in [-0.2, -0.15) is 18.3 Å². The lowest BCUT2D eigenvalue weighted by Crippen LogP contribution is -2.36. The molecule has 26 heavy (non-hydrogen) atoms. The minimum atomic E-state index is -4.59. The Morgan fingerprint density at radius 1 is 1.00 bits per heavy atom. The van der Waals surface area contributed by atoms with Crippen molar-refractivity contribution in [3.8, 4) is 0 Å². The van der Waals surface area contributed by atoms with Crippen molar-refractivity contribution in [2.24, 2.45) is 5.10 Å². The Hall–Kier alpha value is -3.16. The molecule has 3 rings (SSSR count). The van der Waals surface area contributed by atoms with Gasteiger partial charge in [-0.05, 0) is 24.3 Å². The fraction of sp³-hybridized carbons (Fsp3) is 0.167. The summed E-state index contributed by atoms with van der Waals surface area (Å²) in [5.74, 6) is -1.06. The van der Waals surface area contributed by atoms with E-state index in [4.69, 9.17) is 0 Å². The van der Waals surface area contributed by atoms with Gasteiger partial charge in [-0.25, -0.2) is 5.01 Å². The minimum absolute atomic E-state index is 0.00886. The van der Waals surface area contributed by atoms with Crippen LogP contribution in [0.25, 0.3) is 0 Å². The van der Waals surface area contributed by atoms with Crippen molar-refractivity contribution >= 4 is 28.9 Å².